The lowest BCUT2D eigenvalue weighted by Crippen LogP contribution is -2.40. The summed E-state index contributed by atoms with van der Waals surface area (Å²) < 4.78 is 39.1. The number of benzene rings is 2. The summed E-state index contributed by atoms with van der Waals surface area (Å²) in [6, 6.07) is 14.6. The Balaban J connectivity index is 1.28. The fourth-order valence-electron chi connectivity index (χ4n) is 4.80. The van der Waals surface area contributed by atoms with Crippen molar-refractivity contribution < 1.29 is 22.7 Å². The summed E-state index contributed by atoms with van der Waals surface area (Å²) in [6.07, 6.45) is 0. The van der Waals surface area contributed by atoms with Gasteiger partial charge < -0.3 is 19.3 Å². The number of amides is 1. The van der Waals surface area contributed by atoms with Crippen molar-refractivity contribution in [1.82, 2.24) is 14.1 Å². The Morgan fingerprint density at radius 2 is 1.59 bits per heavy atom. The SMILES string of the molecule is CN(C)C[C@H](C(=O)N1CC2=C(C1)CN(S(=O)(=O)c1ccc3c(c1)OCCO3)C2)c1ccccc1. The number of sulfonamides is 1. The molecule has 0 saturated carbocycles. The molecule has 0 N–H and O–H groups in total. The van der Waals surface area contributed by atoms with Gasteiger partial charge in [0.05, 0.1) is 10.8 Å². The summed E-state index contributed by atoms with van der Waals surface area (Å²) in [6.45, 7) is 3.03. The Labute approximate surface area is 200 Å². The van der Waals surface area contributed by atoms with Crippen molar-refractivity contribution in [3.8, 4) is 11.5 Å². The van der Waals surface area contributed by atoms with E-state index in [0.29, 0.717) is 57.4 Å². The maximum Gasteiger partial charge on any atom is 0.243 e. The Morgan fingerprint density at radius 3 is 2.24 bits per heavy atom. The molecule has 2 aromatic carbocycles. The molecule has 0 fully saturated rings. The maximum atomic E-state index is 13.5. The van der Waals surface area contributed by atoms with Crippen LogP contribution in [0.15, 0.2) is 64.6 Å². The number of carbonyl (C=O) groups is 1. The highest BCUT2D eigenvalue weighted by atomic mass is 32.2. The molecule has 0 unspecified atom stereocenters. The first-order chi connectivity index (χ1) is 16.3. The Hall–Kier alpha value is -2.88. The first-order valence-corrected chi connectivity index (χ1v) is 12.8. The van der Waals surface area contributed by atoms with Crippen LogP contribution in [-0.2, 0) is 14.8 Å². The van der Waals surface area contributed by atoms with Crippen LogP contribution in [0.2, 0.25) is 0 Å². The fourth-order valence-corrected chi connectivity index (χ4v) is 6.25. The molecule has 0 radical (unpaired) electrons. The normalized spacial score (nSPS) is 19.0. The topological polar surface area (TPSA) is 79.4 Å². The molecule has 0 spiro atoms. The van der Waals surface area contributed by atoms with Gasteiger partial charge in [0.1, 0.15) is 13.2 Å². The van der Waals surface area contributed by atoms with E-state index >= 15 is 0 Å². The zero-order chi connectivity index (χ0) is 23.9. The van der Waals surface area contributed by atoms with E-state index in [-0.39, 0.29) is 16.7 Å². The molecule has 3 aliphatic heterocycles. The average Bonchev–Trinajstić information content (AvgIpc) is 3.42. The van der Waals surface area contributed by atoms with Gasteiger partial charge in [-0.2, -0.15) is 4.31 Å². The largest absolute Gasteiger partial charge is 0.486 e. The Kier molecular flexibility index (Phi) is 6.09. The van der Waals surface area contributed by atoms with Crippen LogP contribution in [0.3, 0.4) is 0 Å². The van der Waals surface area contributed by atoms with Gasteiger partial charge in [-0.3, -0.25) is 4.79 Å². The van der Waals surface area contributed by atoms with Crippen molar-refractivity contribution in [2.24, 2.45) is 0 Å². The summed E-state index contributed by atoms with van der Waals surface area (Å²) in [5.74, 6) is 0.841. The summed E-state index contributed by atoms with van der Waals surface area (Å²) >= 11 is 0. The number of hydrogen-bond acceptors (Lipinski definition) is 6. The molecular weight excluding hydrogens is 454 g/mol. The molecule has 1 atom stereocenters. The van der Waals surface area contributed by atoms with Crippen LogP contribution < -0.4 is 9.47 Å². The number of fused-ring (bicyclic) bond motifs is 1. The Morgan fingerprint density at radius 1 is 0.941 bits per heavy atom. The second kappa shape index (κ2) is 9.05. The van der Waals surface area contributed by atoms with Crippen LogP contribution in [0, 0.1) is 0 Å². The average molecular weight is 484 g/mol. The van der Waals surface area contributed by atoms with Crippen LogP contribution in [0.4, 0.5) is 0 Å². The molecule has 0 bridgehead atoms. The Bertz CT molecular complexity index is 1210. The van der Waals surface area contributed by atoms with E-state index in [0.717, 1.165) is 16.7 Å². The maximum absolute atomic E-state index is 13.5. The lowest BCUT2D eigenvalue weighted by atomic mass is 9.97. The van der Waals surface area contributed by atoms with Crippen LogP contribution in [0.5, 0.6) is 11.5 Å². The van der Waals surface area contributed by atoms with Gasteiger partial charge in [0.25, 0.3) is 0 Å². The number of hydrogen-bond donors (Lipinski definition) is 0. The molecule has 0 aliphatic carbocycles. The van der Waals surface area contributed by atoms with E-state index in [9.17, 15) is 13.2 Å². The number of ether oxygens (including phenoxy) is 2. The highest BCUT2D eigenvalue weighted by Crippen LogP contribution is 2.36. The quantitative estimate of drug-likeness (QED) is 0.585. The van der Waals surface area contributed by atoms with Crippen molar-refractivity contribution in [1.29, 1.82) is 0 Å². The minimum absolute atomic E-state index is 0.0792. The lowest BCUT2D eigenvalue weighted by molar-refractivity contribution is -0.132. The molecule has 180 valence electrons. The van der Waals surface area contributed by atoms with Gasteiger partial charge in [0, 0.05) is 38.8 Å². The van der Waals surface area contributed by atoms with E-state index in [1.807, 2.05) is 54.2 Å². The lowest BCUT2D eigenvalue weighted by Gasteiger charge is -2.28. The predicted octanol–water partition coefficient (Wildman–Crippen LogP) is 1.95. The summed E-state index contributed by atoms with van der Waals surface area (Å²) in [7, 11) is 0.248. The second-order valence-corrected chi connectivity index (χ2v) is 11.1. The van der Waals surface area contributed by atoms with Gasteiger partial charge in [-0.1, -0.05) is 30.3 Å². The molecule has 0 saturated heterocycles. The smallest absolute Gasteiger partial charge is 0.243 e. The molecule has 3 heterocycles. The van der Waals surface area contributed by atoms with E-state index in [2.05, 4.69) is 0 Å². The number of rotatable bonds is 6. The van der Waals surface area contributed by atoms with Crippen molar-refractivity contribution in [3.63, 3.8) is 0 Å². The van der Waals surface area contributed by atoms with Crippen molar-refractivity contribution in [2.75, 3.05) is 60.0 Å². The van der Waals surface area contributed by atoms with Crippen molar-refractivity contribution in [2.45, 2.75) is 10.8 Å². The van der Waals surface area contributed by atoms with E-state index in [1.54, 1.807) is 12.1 Å². The minimum Gasteiger partial charge on any atom is -0.486 e. The van der Waals surface area contributed by atoms with Crippen LogP contribution in [0.25, 0.3) is 0 Å². The minimum atomic E-state index is -3.68. The zero-order valence-electron chi connectivity index (χ0n) is 19.4. The third-order valence-corrected chi connectivity index (χ3v) is 8.30. The van der Waals surface area contributed by atoms with Gasteiger partial charge in [0.2, 0.25) is 15.9 Å². The highest BCUT2D eigenvalue weighted by Gasteiger charge is 2.39. The van der Waals surface area contributed by atoms with E-state index in [4.69, 9.17) is 9.47 Å². The molecular formula is C25H29N3O5S. The van der Waals surface area contributed by atoms with Crippen molar-refractivity contribution in [3.05, 3.63) is 65.2 Å². The van der Waals surface area contributed by atoms with Crippen LogP contribution >= 0.6 is 0 Å². The summed E-state index contributed by atoms with van der Waals surface area (Å²) in [5.41, 5.74) is 3.04. The first kappa shape index (κ1) is 22.9. The van der Waals surface area contributed by atoms with Crippen LogP contribution in [-0.4, -0.2) is 88.5 Å². The summed E-state index contributed by atoms with van der Waals surface area (Å²) in [4.78, 5) is 17.5. The third kappa shape index (κ3) is 4.31. The number of likely N-dealkylation sites (N-methyl/N-ethyl adjacent to an activating group) is 1. The molecule has 9 heteroatoms. The van der Waals surface area contributed by atoms with Crippen LogP contribution in [0.1, 0.15) is 11.5 Å². The number of nitrogens with zero attached hydrogens (tertiary/aromatic N) is 3. The third-order valence-electron chi connectivity index (χ3n) is 6.51. The molecule has 8 nitrogen and oxygen atoms in total. The zero-order valence-corrected chi connectivity index (χ0v) is 20.3. The van der Waals surface area contributed by atoms with Gasteiger partial charge >= 0.3 is 0 Å². The van der Waals surface area contributed by atoms with Gasteiger partial charge in [-0.05, 0) is 42.9 Å². The second-order valence-electron chi connectivity index (χ2n) is 9.21. The molecule has 34 heavy (non-hydrogen) atoms. The highest BCUT2D eigenvalue weighted by molar-refractivity contribution is 7.89. The number of carbonyl (C=O) groups excluding carboxylic acids is 1. The molecule has 1 amide bonds. The molecule has 3 aliphatic rings. The standard InChI is InChI=1S/C25H29N3O5S/c1-26(2)17-22(18-6-4-3-5-7-18)25(29)27-13-19-15-28(16-20(19)14-27)34(30,31)21-8-9-23-24(12-21)33-11-10-32-23/h3-9,12,22H,10-11,13-17H2,1-2H3/t22-/m0/s1. The van der Waals surface area contributed by atoms with Gasteiger partial charge in [0.15, 0.2) is 11.5 Å². The van der Waals surface area contributed by atoms with E-state index in [1.165, 1.54) is 10.4 Å². The molecule has 5 rings (SSSR count). The summed E-state index contributed by atoms with van der Waals surface area (Å²) in [5, 5.41) is 0. The van der Waals surface area contributed by atoms with E-state index < -0.39 is 10.0 Å². The van der Waals surface area contributed by atoms with Crippen molar-refractivity contribution >= 4 is 15.9 Å². The monoisotopic (exact) mass is 483 g/mol. The van der Waals surface area contributed by atoms with Gasteiger partial charge in [-0.25, -0.2) is 8.42 Å². The van der Waals surface area contributed by atoms with Gasteiger partial charge in [-0.15, -0.1) is 0 Å². The predicted molar refractivity (Wildman–Crippen MR) is 128 cm³/mol. The molecule has 2 aromatic rings. The molecule has 0 aromatic heterocycles. The first-order valence-electron chi connectivity index (χ1n) is 11.4. The fraction of sp³-hybridized carbons (Fsp3) is 0.400.